The number of nitrogens with zero attached hydrogens (tertiary/aromatic N) is 1. The molecule has 4 nitrogen and oxygen atoms in total. The average Bonchev–Trinajstić information content (AvgIpc) is 2.18. The number of rotatable bonds is 4. The van der Waals surface area contributed by atoms with Crippen LogP contribution < -0.4 is 9.62 Å². The van der Waals surface area contributed by atoms with Gasteiger partial charge in [0.15, 0.2) is 0 Å². The molecule has 0 heterocycles. The summed E-state index contributed by atoms with van der Waals surface area (Å²) in [6, 6.07) is 5.11. The van der Waals surface area contributed by atoms with Crippen molar-refractivity contribution in [3.8, 4) is 0 Å². The van der Waals surface area contributed by atoms with Gasteiger partial charge in [-0.05, 0) is 25.1 Å². The largest absolute Gasteiger partial charge is 0.384 e. The minimum absolute atomic E-state index is 0.507. The van der Waals surface area contributed by atoms with Crippen molar-refractivity contribution in [3.05, 3.63) is 23.2 Å². The lowest BCUT2D eigenvalue weighted by atomic mass is 10.2. The number of nitrogens with one attached hydrogen (secondary N) is 1. The van der Waals surface area contributed by atoms with Crippen molar-refractivity contribution < 1.29 is 8.42 Å². The molecule has 0 fully saturated rings. The first-order valence-corrected chi connectivity index (χ1v) is 7.06. The van der Waals surface area contributed by atoms with Gasteiger partial charge in [0.2, 0.25) is 10.0 Å². The highest BCUT2D eigenvalue weighted by Crippen LogP contribution is 2.29. The second kappa shape index (κ2) is 4.93. The van der Waals surface area contributed by atoms with Gasteiger partial charge in [-0.3, -0.25) is 4.31 Å². The zero-order valence-electron chi connectivity index (χ0n) is 9.49. The summed E-state index contributed by atoms with van der Waals surface area (Å²) >= 11 is 5.86. The summed E-state index contributed by atoms with van der Waals surface area (Å²) in [4.78, 5) is 0. The summed E-state index contributed by atoms with van der Waals surface area (Å²) < 4.78 is 24.1. The number of benzene rings is 1. The van der Waals surface area contributed by atoms with Crippen LogP contribution in [0.2, 0.25) is 5.02 Å². The number of hydrogen-bond donors (Lipinski definition) is 1. The average molecular weight is 263 g/mol. The van der Waals surface area contributed by atoms with Crippen LogP contribution in [0.3, 0.4) is 0 Å². The fraction of sp³-hybridized carbons (Fsp3) is 0.400. The molecule has 1 N–H and O–H groups in total. The predicted octanol–water partition coefficient (Wildman–Crippen LogP) is 2.17. The maximum Gasteiger partial charge on any atom is 0.232 e. The highest BCUT2D eigenvalue weighted by molar-refractivity contribution is 7.92. The molecule has 0 spiro atoms. The number of hydrogen-bond acceptors (Lipinski definition) is 3. The summed E-state index contributed by atoms with van der Waals surface area (Å²) in [5.74, 6) is 0. The molecule has 0 saturated heterocycles. The molecular weight excluding hydrogens is 248 g/mol. The molecule has 1 rings (SSSR count). The van der Waals surface area contributed by atoms with E-state index in [2.05, 4.69) is 5.32 Å². The Balaban J connectivity index is 3.24. The van der Waals surface area contributed by atoms with Crippen LogP contribution in [0.25, 0.3) is 0 Å². The number of halogens is 1. The molecule has 0 radical (unpaired) electrons. The molecule has 0 aliphatic rings. The molecule has 0 aliphatic heterocycles. The van der Waals surface area contributed by atoms with Crippen LogP contribution >= 0.6 is 11.6 Å². The summed E-state index contributed by atoms with van der Waals surface area (Å²) in [6.45, 7) is 2.66. The Morgan fingerprint density at radius 3 is 2.56 bits per heavy atom. The van der Waals surface area contributed by atoms with E-state index < -0.39 is 10.0 Å². The zero-order chi connectivity index (χ0) is 12.3. The van der Waals surface area contributed by atoms with E-state index in [9.17, 15) is 8.42 Å². The topological polar surface area (TPSA) is 49.4 Å². The van der Waals surface area contributed by atoms with E-state index in [0.29, 0.717) is 17.3 Å². The minimum Gasteiger partial charge on any atom is -0.384 e. The molecule has 0 unspecified atom stereocenters. The first-order valence-electron chi connectivity index (χ1n) is 4.83. The molecular formula is C10H15ClN2O2S. The van der Waals surface area contributed by atoms with E-state index >= 15 is 0 Å². The Labute approximate surface area is 101 Å². The SMILES string of the molecule is CCNc1ccc(Cl)cc1N(C)S(C)(=O)=O. The van der Waals surface area contributed by atoms with E-state index in [1.807, 2.05) is 6.92 Å². The van der Waals surface area contributed by atoms with E-state index in [0.717, 1.165) is 11.9 Å². The molecule has 0 aromatic heterocycles. The van der Waals surface area contributed by atoms with E-state index in [1.165, 1.54) is 11.4 Å². The van der Waals surface area contributed by atoms with Gasteiger partial charge in [-0.1, -0.05) is 11.6 Å². The van der Waals surface area contributed by atoms with E-state index in [-0.39, 0.29) is 0 Å². The van der Waals surface area contributed by atoms with Crippen molar-refractivity contribution >= 4 is 33.0 Å². The molecule has 16 heavy (non-hydrogen) atoms. The Kier molecular flexibility index (Phi) is 4.04. The maximum atomic E-state index is 11.5. The highest BCUT2D eigenvalue weighted by atomic mass is 35.5. The molecule has 90 valence electrons. The normalized spacial score (nSPS) is 11.2. The quantitative estimate of drug-likeness (QED) is 0.905. The standard InChI is InChI=1S/C10H15ClN2O2S/c1-4-12-9-6-5-8(11)7-10(9)13(2)16(3,14)15/h5-7,12H,4H2,1-3H3. The van der Waals surface area contributed by atoms with Crippen molar-refractivity contribution in [1.29, 1.82) is 0 Å². The third kappa shape index (κ3) is 3.02. The first kappa shape index (κ1) is 13.1. The van der Waals surface area contributed by atoms with E-state index in [1.54, 1.807) is 18.2 Å². The second-order valence-electron chi connectivity index (χ2n) is 3.42. The Morgan fingerprint density at radius 1 is 1.44 bits per heavy atom. The fourth-order valence-corrected chi connectivity index (χ4v) is 1.96. The molecule has 0 bridgehead atoms. The Hall–Kier alpha value is -0.940. The lowest BCUT2D eigenvalue weighted by Gasteiger charge is -2.20. The van der Waals surface area contributed by atoms with Crippen LogP contribution in [0.1, 0.15) is 6.92 Å². The lowest BCUT2D eigenvalue weighted by molar-refractivity contribution is 0.600. The molecule has 1 aromatic rings. The van der Waals surface area contributed by atoms with Crippen LogP contribution in [-0.2, 0) is 10.0 Å². The molecule has 0 amide bonds. The van der Waals surface area contributed by atoms with Gasteiger partial charge in [0.25, 0.3) is 0 Å². The van der Waals surface area contributed by atoms with Gasteiger partial charge in [0.05, 0.1) is 17.6 Å². The predicted molar refractivity (Wildman–Crippen MR) is 68.9 cm³/mol. The zero-order valence-corrected chi connectivity index (χ0v) is 11.1. The van der Waals surface area contributed by atoms with E-state index in [4.69, 9.17) is 11.6 Å². The van der Waals surface area contributed by atoms with Crippen LogP contribution in [0, 0.1) is 0 Å². The molecule has 6 heteroatoms. The van der Waals surface area contributed by atoms with Gasteiger partial charge in [-0.2, -0.15) is 0 Å². The monoisotopic (exact) mass is 262 g/mol. The molecule has 0 atom stereocenters. The van der Waals surface area contributed by atoms with Gasteiger partial charge in [0.1, 0.15) is 0 Å². The number of anilines is 2. The smallest absolute Gasteiger partial charge is 0.232 e. The highest BCUT2D eigenvalue weighted by Gasteiger charge is 2.15. The molecule has 0 saturated carbocycles. The third-order valence-corrected chi connectivity index (χ3v) is 3.59. The van der Waals surface area contributed by atoms with Crippen LogP contribution in [-0.4, -0.2) is 28.3 Å². The summed E-state index contributed by atoms with van der Waals surface area (Å²) in [6.07, 6.45) is 1.16. The van der Waals surface area contributed by atoms with Crippen LogP contribution in [0.15, 0.2) is 18.2 Å². The van der Waals surface area contributed by atoms with Crippen LogP contribution in [0.5, 0.6) is 0 Å². The van der Waals surface area contributed by atoms with Gasteiger partial charge in [0, 0.05) is 18.6 Å². The lowest BCUT2D eigenvalue weighted by Crippen LogP contribution is -2.25. The van der Waals surface area contributed by atoms with Crippen LogP contribution in [0.4, 0.5) is 11.4 Å². The van der Waals surface area contributed by atoms with Crippen molar-refractivity contribution in [2.24, 2.45) is 0 Å². The number of sulfonamides is 1. The third-order valence-electron chi connectivity index (χ3n) is 2.16. The van der Waals surface area contributed by atoms with Gasteiger partial charge < -0.3 is 5.32 Å². The van der Waals surface area contributed by atoms with Gasteiger partial charge in [-0.25, -0.2) is 8.42 Å². The van der Waals surface area contributed by atoms with Crippen molar-refractivity contribution in [3.63, 3.8) is 0 Å². The van der Waals surface area contributed by atoms with Gasteiger partial charge >= 0.3 is 0 Å². The minimum atomic E-state index is -3.28. The Morgan fingerprint density at radius 2 is 2.06 bits per heavy atom. The summed E-state index contributed by atoms with van der Waals surface area (Å²) in [5, 5.41) is 3.60. The van der Waals surface area contributed by atoms with Crippen molar-refractivity contribution in [1.82, 2.24) is 0 Å². The second-order valence-corrected chi connectivity index (χ2v) is 5.87. The first-order chi connectivity index (χ1) is 7.36. The summed E-state index contributed by atoms with van der Waals surface area (Å²) in [7, 11) is -1.78. The van der Waals surface area contributed by atoms with Crippen molar-refractivity contribution in [2.45, 2.75) is 6.92 Å². The molecule has 0 aliphatic carbocycles. The van der Waals surface area contributed by atoms with Crippen molar-refractivity contribution in [2.75, 3.05) is 29.5 Å². The molecule has 1 aromatic carbocycles. The Bertz CT molecular complexity index is 474. The maximum absolute atomic E-state index is 11.5. The van der Waals surface area contributed by atoms with Gasteiger partial charge in [-0.15, -0.1) is 0 Å². The fourth-order valence-electron chi connectivity index (χ4n) is 1.28. The summed E-state index contributed by atoms with van der Waals surface area (Å²) in [5.41, 5.74) is 1.30.